The van der Waals surface area contributed by atoms with E-state index in [4.69, 9.17) is 4.98 Å². The third-order valence-corrected chi connectivity index (χ3v) is 11.8. The van der Waals surface area contributed by atoms with Gasteiger partial charge in [0, 0.05) is 74.8 Å². The number of hydrogen-bond donors (Lipinski definition) is 0. The molecule has 214 valence electrons. The topological polar surface area (TPSA) is 22.8 Å². The SMILES string of the molecule is c1ccc(-n2c3ccccc3c3c4c(c5ccccc5n4-c4ccc5sc6ccccc6c5c4)c4sc5ncccc5c4c32)cc1. The molecular weight excluding hydrogens is 599 g/mol. The van der Waals surface area contributed by atoms with E-state index < -0.39 is 0 Å². The first-order valence-corrected chi connectivity index (χ1v) is 17.1. The summed E-state index contributed by atoms with van der Waals surface area (Å²) < 4.78 is 8.92. The van der Waals surface area contributed by atoms with Crippen molar-refractivity contribution in [3.63, 3.8) is 0 Å². The molecule has 0 aliphatic carbocycles. The summed E-state index contributed by atoms with van der Waals surface area (Å²) >= 11 is 3.68. The smallest absolute Gasteiger partial charge is 0.124 e. The van der Waals surface area contributed by atoms with Gasteiger partial charge >= 0.3 is 0 Å². The van der Waals surface area contributed by atoms with Crippen LogP contribution in [0.15, 0.2) is 140 Å². The third kappa shape index (κ3) is 3.13. The summed E-state index contributed by atoms with van der Waals surface area (Å²) in [5.41, 5.74) is 7.24. The van der Waals surface area contributed by atoms with Crippen molar-refractivity contribution in [1.82, 2.24) is 14.1 Å². The molecule has 0 unspecified atom stereocenters. The quantitative estimate of drug-likeness (QED) is 0.188. The van der Waals surface area contributed by atoms with Crippen LogP contribution in [0.3, 0.4) is 0 Å². The molecule has 0 aliphatic rings. The van der Waals surface area contributed by atoms with E-state index >= 15 is 0 Å². The molecule has 0 fully saturated rings. The van der Waals surface area contributed by atoms with Gasteiger partial charge in [0.15, 0.2) is 0 Å². The molecule has 5 aromatic heterocycles. The van der Waals surface area contributed by atoms with E-state index in [1.54, 1.807) is 0 Å². The lowest BCUT2D eigenvalue weighted by molar-refractivity contribution is 1.18. The lowest BCUT2D eigenvalue weighted by atomic mass is 10.0. The number of hydrogen-bond acceptors (Lipinski definition) is 3. The first-order chi connectivity index (χ1) is 22.8. The summed E-state index contributed by atoms with van der Waals surface area (Å²) in [5.74, 6) is 0. The number of rotatable bonds is 2. The van der Waals surface area contributed by atoms with E-state index in [-0.39, 0.29) is 0 Å². The molecule has 0 amide bonds. The number of aromatic nitrogens is 3. The zero-order valence-corrected chi connectivity index (χ0v) is 26.1. The number of para-hydroxylation sites is 3. The maximum Gasteiger partial charge on any atom is 0.124 e. The minimum Gasteiger partial charge on any atom is -0.308 e. The monoisotopic (exact) mass is 621 g/mol. The minimum atomic E-state index is 1.07. The Morgan fingerprint density at radius 3 is 1.85 bits per heavy atom. The maximum atomic E-state index is 4.89. The van der Waals surface area contributed by atoms with Crippen molar-refractivity contribution in [2.24, 2.45) is 0 Å². The highest BCUT2D eigenvalue weighted by atomic mass is 32.1. The van der Waals surface area contributed by atoms with Crippen molar-refractivity contribution in [1.29, 1.82) is 0 Å². The van der Waals surface area contributed by atoms with E-state index in [2.05, 4.69) is 143 Å². The van der Waals surface area contributed by atoms with Crippen LogP contribution in [0.2, 0.25) is 0 Å². The normalized spacial score (nSPS) is 12.3. The second-order valence-electron chi connectivity index (χ2n) is 11.9. The standard InChI is InChI=1S/C41H23N3S2/c1-2-11-24(12-3-1)43-31-17-7-4-14-27(31)35-38-36(40-37(39(35)43)29-16-10-22-42-41(29)46-40)28-15-5-8-18-32(28)44(38)25-20-21-34-30(23-25)26-13-6-9-19-33(26)45-34/h1-23H. The van der Waals surface area contributed by atoms with E-state index in [1.165, 1.54) is 84.9 Å². The molecule has 0 radical (unpaired) electrons. The van der Waals surface area contributed by atoms with Gasteiger partial charge in [0.25, 0.3) is 0 Å². The van der Waals surface area contributed by atoms with E-state index in [1.807, 2.05) is 28.9 Å². The highest BCUT2D eigenvalue weighted by Gasteiger charge is 2.27. The largest absolute Gasteiger partial charge is 0.308 e. The van der Waals surface area contributed by atoms with Gasteiger partial charge in [-0.15, -0.1) is 22.7 Å². The van der Waals surface area contributed by atoms with Crippen molar-refractivity contribution in [2.45, 2.75) is 0 Å². The van der Waals surface area contributed by atoms with E-state index in [0.29, 0.717) is 0 Å². The second-order valence-corrected chi connectivity index (χ2v) is 14.0. The van der Waals surface area contributed by atoms with E-state index in [0.717, 1.165) is 10.5 Å². The molecule has 0 spiro atoms. The van der Waals surface area contributed by atoms with Crippen LogP contribution in [0.25, 0.3) is 95.5 Å². The summed E-state index contributed by atoms with van der Waals surface area (Å²) in [7, 11) is 0. The van der Waals surface area contributed by atoms with Gasteiger partial charge in [-0.05, 0) is 60.7 Å². The summed E-state index contributed by atoms with van der Waals surface area (Å²) in [5, 5.41) is 10.2. The Bertz CT molecular complexity index is 3030. The Morgan fingerprint density at radius 1 is 0.435 bits per heavy atom. The number of nitrogens with zero attached hydrogens (tertiary/aromatic N) is 3. The predicted octanol–water partition coefficient (Wildman–Crippen LogP) is 12.0. The first-order valence-electron chi connectivity index (χ1n) is 15.5. The van der Waals surface area contributed by atoms with Gasteiger partial charge in [0.1, 0.15) is 4.83 Å². The zero-order chi connectivity index (χ0) is 29.9. The van der Waals surface area contributed by atoms with Crippen molar-refractivity contribution in [3.8, 4) is 11.4 Å². The fourth-order valence-corrected chi connectivity index (χ4v) is 10.0. The Hall–Kier alpha value is -5.49. The van der Waals surface area contributed by atoms with Crippen LogP contribution in [0.5, 0.6) is 0 Å². The van der Waals surface area contributed by atoms with Gasteiger partial charge in [-0.1, -0.05) is 72.8 Å². The molecule has 5 heteroatoms. The van der Waals surface area contributed by atoms with Crippen LogP contribution in [0.4, 0.5) is 0 Å². The molecular formula is C41H23N3S2. The van der Waals surface area contributed by atoms with Crippen LogP contribution < -0.4 is 0 Å². The molecule has 3 nitrogen and oxygen atoms in total. The zero-order valence-electron chi connectivity index (χ0n) is 24.4. The van der Waals surface area contributed by atoms with Crippen molar-refractivity contribution < 1.29 is 0 Å². The van der Waals surface area contributed by atoms with Crippen LogP contribution in [0.1, 0.15) is 0 Å². The molecule has 46 heavy (non-hydrogen) atoms. The van der Waals surface area contributed by atoms with Gasteiger partial charge in [-0.2, -0.15) is 0 Å². The summed E-state index contributed by atoms with van der Waals surface area (Å²) in [6.07, 6.45) is 1.92. The van der Waals surface area contributed by atoms with Crippen LogP contribution in [-0.4, -0.2) is 14.1 Å². The van der Waals surface area contributed by atoms with Crippen LogP contribution in [0, 0.1) is 0 Å². The molecule has 6 aromatic carbocycles. The number of pyridine rings is 1. The molecule has 0 saturated heterocycles. The summed E-state index contributed by atoms with van der Waals surface area (Å²) in [6, 6.07) is 48.7. The Kier molecular flexibility index (Phi) is 4.87. The van der Waals surface area contributed by atoms with Gasteiger partial charge in [-0.3, -0.25) is 0 Å². The number of fused-ring (bicyclic) bond motifs is 15. The molecule has 5 heterocycles. The van der Waals surface area contributed by atoms with Crippen molar-refractivity contribution in [3.05, 3.63) is 140 Å². The van der Waals surface area contributed by atoms with E-state index in [9.17, 15) is 0 Å². The second kappa shape index (κ2) is 9.04. The van der Waals surface area contributed by atoms with Crippen LogP contribution >= 0.6 is 22.7 Å². The number of benzene rings is 6. The lowest BCUT2D eigenvalue weighted by Gasteiger charge is -2.12. The summed E-state index contributed by atoms with van der Waals surface area (Å²) in [4.78, 5) is 5.96. The molecule has 0 saturated carbocycles. The first kappa shape index (κ1) is 24.8. The third-order valence-electron chi connectivity index (χ3n) is 9.55. The Balaban J connectivity index is 1.45. The predicted molar refractivity (Wildman–Crippen MR) is 199 cm³/mol. The van der Waals surface area contributed by atoms with Gasteiger partial charge in [0.2, 0.25) is 0 Å². The average molecular weight is 622 g/mol. The molecule has 0 bridgehead atoms. The van der Waals surface area contributed by atoms with Crippen molar-refractivity contribution >= 4 is 107 Å². The maximum absolute atomic E-state index is 4.89. The van der Waals surface area contributed by atoms with Gasteiger partial charge < -0.3 is 9.13 Å². The van der Waals surface area contributed by atoms with Gasteiger partial charge in [-0.25, -0.2) is 4.98 Å². The molecule has 0 aliphatic heterocycles. The van der Waals surface area contributed by atoms with Crippen molar-refractivity contribution in [2.75, 3.05) is 0 Å². The fraction of sp³-hybridized carbons (Fsp3) is 0. The highest BCUT2D eigenvalue weighted by molar-refractivity contribution is 7.26. The Labute approximate surface area is 270 Å². The fourth-order valence-electron chi connectivity index (χ4n) is 7.73. The van der Waals surface area contributed by atoms with Gasteiger partial charge in [0.05, 0.1) is 22.1 Å². The Morgan fingerprint density at radius 2 is 1.04 bits per heavy atom. The molecule has 11 aromatic rings. The summed E-state index contributed by atoms with van der Waals surface area (Å²) in [6.45, 7) is 0. The minimum absolute atomic E-state index is 1.07. The van der Waals surface area contributed by atoms with Crippen LogP contribution in [-0.2, 0) is 0 Å². The highest BCUT2D eigenvalue weighted by Crippen LogP contribution is 2.51. The average Bonchev–Trinajstić information content (AvgIpc) is 3.85. The molecule has 11 rings (SSSR count). The molecule has 0 N–H and O–H groups in total. The molecule has 0 atom stereocenters. The lowest BCUT2D eigenvalue weighted by Crippen LogP contribution is -1.96. The number of thiophene rings is 2.